The zero-order valence-electron chi connectivity index (χ0n) is 20.8. The lowest BCUT2D eigenvalue weighted by atomic mass is 10.1. The van der Waals surface area contributed by atoms with Crippen LogP contribution in [0.25, 0.3) is 0 Å². The average molecular weight is 530 g/mol. The summed E-state index contributed by atoms with van der Waals surface area (Å²) in [5.41, 5.74) is 2.00. The number of carbonyl (C=O) groups is 2. The van der Waals surface area contributed by atoms with E-state index in [0.29, 0.717) is 5.17 Å². The summed E-state index contributed by atoms with van der Waals surface area (Å²) < 4.78 is 30.1. The van der Waals surface area contributed by atoms with E-state index in [-0.39, 0.29) is 29.2 Å². The molecule has 2 fully saturated rings. The number of anilines is 1. The number of nitrogens with zero attached hydrogens (tertiary/aromatic N) is 2. The van der Waals surface area contributed by atoms with E-state index in [1.54, 1.807) is 20.8 Å². The molecule has 2 amide bonds. The van der Waals surface area contributed by atoms with Crippen LogP contribution >= 0.6 is 11.8 Å². The molecule has 0 spiro atoms. The molecule has 0 saturated carbocycles. The number of ether oxygens (including phenoxy) is 1. The van der Waals surface area contributed by atoms with E-state index in [9.17, 15) is 18.0 Å². The third kappa shape index (κ3) is 6.47. The largest absolute Gasteiger partial charge is 0.444 e. The summed E-state index contributed by atoms with van der Waals surface area (Å²) in [6, 6.07) is 15.8. The van der Waals surface area contributed by atoms with Gasteiger partial charge in [-0.3, -0.25) is 4.79 Å². The lowest BCUT2D eigenvalue weighted by molar-refractivity contribution is -0.119. The monoisotopic (exact) mass is 529 g/mol. The standard InChI is InChI=1S/C26H31N3O5S2/c1-17-10-12-19(13-11-17)29-21-15-36(32,33)16-22(21)35-24(29)28-23(30)20(14-18-8-6-5-7-9-18)27-25(31)34-26(2,3)4/h5-13,20-22H,14-16H2,1-4H3,(H,27,31)/t20-,21+,22+/m0/s1. The second-order valence-electron chi connectivity index (χ2n) is 10.1. The van der Waals surface area contributed by atoms with E-state index in [1.807, 2.05) is 66.4 Å². The van der Waals surface area contributed by atoms with Gasteiger partial charge in [0.25, 0.3) is 5.91 Å². The molecule has 2 aromatic carbocycles. The Bertz CT molecular complexity index is 1250. The van der Waals surface area contributed by atoms with Gasteiger partial charge in [0, 0.05) is 17.4 Å². The van der Waals surface area contributed by atoms with Gasteiger partial charge in [0.2, 0.25) is 0 Å². The minimum Gasteiger partial charge on any atom is -0.444 e. The lowest BCUT2D eigenvalue weighted by Crippen LogP contribution is -2.45. The van der Waals surface area contributed by atoms with Crippen molar-refractivity contribution in [3.8, 4) is 0 Å². The van der Waals surface area contributed by atoms with E-state index in [2.05, 4.69) is 10.3 Å². The van der Waals surface area contributed by atoms with Crippen LogP contribution in [0.4, 0.5) is 10.5 Å². The van der Waals surface area contributed by atoms with E-state index in [4.69, 9.17) is 4.74 Å². The Morgan fingerprint density at radius 3 is 2.42 bits per heavy atom. The van der Waals surface area contributed by atoms with E-state index in [1.165, 1.54) is 11.8 Å². The number of aliphatic imine (C=N–C) groups is 1. The van der Waals surface area contributed by atoms with Gasteiger partial charge in [0.15, 0.2) is 15.0 Å². The SMILES string of the molecule is Cc1ccc(N2C(=NC(=O)[C@H](Cc3ccccc3)NC(=O)OC(C)(C)C)S[C@@H]3CS(=O)(=O)C[C@H]32)cc1. The van der Waals surface area contributed by atoms with Crippen molar-refractivity contribution in [3.05, 3.63) is 65.7 Å². The topological polar surface area (TPSA) is 105 Å². The fourth-order valence-corrected chi connectivity index (χ4v) is 8.16. The highest BCUT2D eigenvalue weighted by atomic mass is 32.2. The maximum absolute atomic E-state index is 13.5. The first-order chi connectivity index (χ1) is 16.9. The number of benzene rings is 2. The van der Waals surface area contributed by atoms with Gasteiger partial charge < -0.3 is 15.0 Å². The van der Waals surface area contributed by atoms with Gasteiger partial charge in [-0.2, -0.15) is 4.99 Å². The maximum atomic E-state index is 13.5. The fraction of sp³-hybridized carbons (Fsp3) is 0.423. The van der Waals surface area contributed by atoms with Crippen molar-refractivity contribution in [2.45, 2.75) is 57.1 Å². The van der Waals surface area contributed by atoms with E-state index in [0.717, 1.165) is 16.8 Å². The van der Waals surface area contributed by atoms with Gasteiger partial charge in [-0.05, 0) is 45.4 Å². The maximum Gasteiger partial charge on any atom is 0.408 e. The van der Waals surface area contributed by atoms with Gasteiger partial charge in [0.1, 0.15) is 11.6 Å². The molecule has 0 aliphatic carbocycles. The van der Waals surface area contributed by atoms with Gasteiger partial charge >= 0.3 is 6.09 Å². The molecule has 2 aliphatic rings. The normalized spacial score (nSPS) is 22.8. The number of hydrogen-bond donors (Lipinski definition) is 1. The van der Waals surface area contributed by atoms with Crippen molar-refractivity contribution in [2.24, 2.45) is 4.99 Å². The van der Waals surface area contributed by atoms with Crippen LogP contribution in [0.1, 0.15) is 31.9 Å². The van der Waals surface area contributed by atoms with Crippen LogP contribution in [0.5, 0.6) is 0 Å². The summed E-state index contributed by atoms with van der Waals surface area (Å²) in [5, 5.41) is 2.91. The van der Waals surface area contributed by atoms with E-state index < -0.39 is 33.5 Å². The molecule has 192 valence electrons. The molecule has 0 bridgehead atoms. The number of nitrogens with one attached hydrogen (secondary N) is 1. The summed E-state index contributed by atoms with van der Waals surface area (Å²) in [4.78, 5) is 32.3. The molecule has 2 aliphatic heterocycles. The lowest BCUT2D eigenvalue weighted by Gasteiger charge is -2.25. The van der Waals surface area contributed by atoms with E-state index >= 15 is 0 Å². The molecule has 1 N–H and O–H groups in total. The molecule has 2 aromatic rings. The molecule has 36 heavy (non-hydrogen) atoms. The van der Waals surface area contributed by atoms with Crippen LogP contribution in [-0.2, 0) is 25.8 Å². The third-order valence-corrected chi connectivity index (χ3v) is 9.07. The Balaban J connectivity index is 1.64. The number of carbonyl (C=O) groups excluding carboxylic acids is 2. The van der Waals surface area contributed by atoms with Crippen LogP contribution in [0, 0.1) is 6.92 Å². The Morgan fingerprint density at radius 2 is 1.78 bits per heavy atom. The van der Waals surface area contributed by atoms with Crippen LogP contribution < -0.4 is 10.2 Å². The molecule has 4 rings (SSSR count). The summed E-state index contributed by atoms with van der Waals surface area (Å²) in [6.07, 6.45) is -0.457. The highest BCUT2D eigenvalue weighted by Crippen LogP contribution is 2.41. The average Bonchev–Trinajstić information content (AvgIpc) is 3.24. The molecular weight excluding hydrogens is 498 g/mol. The van der Waals surface area contributed by atoms with Crippen LogP contribution in [0.3, 0.4) is 0 Å². The highest BCUT2D eigenvalue weighted by molar-refractivity contribution is 8.16. The molecule has 0 unspecified atom stereocenters. The molecular formula is C26H31N3O5S2. The summed E-state index contributed by atoms with van der Waals surface area (Å²) >= 11 is 1.30. The summed E-state index contributed by atoms with van der Waals surface area (Å²) in [6.45, 7) is 7.23. The minimum absolute atomic E-state index is 0.00928. The van der Waals surface area contributed by atoms with Gasteiger partial charge in [-0.25, -0.2) is 13.2 Å². The number of thioether (sulfide) groups is 1. The number of alkyl carbamates (subject to hydrolysis) is 1. The first-order valence-electron chi connectivity index (χ1n) is 11.8. The Labute approximate surface area is 216 Å². The molecule has 2 saturated heterocycles. The first kappa shape index (κ1) is 26.2. The minimum atomic E-state index is -3.17. The quantitative estimate of drug-likeness (QED) is 0.629. The number of aryl methyl sites for hydroxylation is 1. The first-order valence-corrected chi connectivity index (χ1v) is 14.5. The molecule has 10 heteroatoms. The zero-order valence-corrected chi connectivity index (χ0v) is 22.4. The number of hydrogen-bond acceptors (Lipinski definition) is 6. The van der Waals surface area contributed by atoms with Crippen molar-refractivity contribution < 1.29 is 22.7 Å². The molecule has 0 radical (unpaired) electrons. The van der Waals surface area contributed by atoms with Crippen LogP contribution in [0.2, 0.25) is 0 Å². The zero-order chi connectivity index (χ0) is 26.1. The predicted molar refractivity (Wildman–Crippen MR) is 143 cm³/mol. The second-order valence-corrected chi connectivity index (χ2v) is 13.5. The molecule has 8 nitrogen and oxygen atoms in total. The smallest absolute Gasteiger partial charge is 0.408 e. The molecule has 3 atom stereocenters. The van der Waals surface area contributed by atoms with Gasteiger partial charge in [0.05, 0.1) is 17.5 Å². The predicted octanol–water partition coefficient (Wildman–Crippen LogP) is 3.73. The van der Waals surface area contributed by atoms with Crippen molar-refractivity contribution in [2.75, 3.05) is 16.4 Å². The van der Waals surface area contributed by atoms with Gasteiger partial charge in [-0.15, -0.1) is 0 Å². The van der Waals surface area contributed by atoms with Crippen LogP contribution in [-0.4, -0.2) is 60.0 Å². The number of fused-ring (bicyclic) bond motifs is 1. The summed E-state index contributed by atoms with van der Waals surface area (Å²) in [7, 11) is -3.17. The Morgan fingerprint density at radius 1 is 1.11 bits per heavy atom. The highest BCUT2D eigenvalue weighted by Gasteiger charge is 2.49. The second kappa shape index (κ2) is 10.3. The van der Waals surface area contributed by atoms with Crippen molar-refractivity contribution in [1.82, 2.24) is 5.32 Å². The van der Waals surface area contributed by atoms with Gasteiger partial charge in [-0.1, -0.05) is 59.8 Å². The number of sulfone groups is 1. The number of amidine groups is 1. The fourth-order valence-electron chi connectivity index (χ4n) is 4.24. The van der Waals surface area contributed by atoms with Crippen molar-refractivity contribution in [3.63, 3.8) is 0 Å². The Hall–Kier alpha value is -2.85. The summed E-state index contributed by atoms with van der Waals surface area (Å²) in [5.74, 6) is -0.469. The number of amides is 2. The van der Waals surface area contributed by atoms with Crippen molar-refractivity contribution >= 4 is 44.5 Å². The third-order valence-electron chi connectivity index (χ3n) is 5.86. The molecule has 0 aromatic heterocycles. The molecule has 2 heterocycles. The van der Waals surface area contributed by atoms with Crippen LogP contribution in [0.15, 0.2) is 59.6 Å². The van der Waals surface area contributed by atoms with Crippen molar-refractivity contribution in [1.29, 1.82) is 0 Å². The Kier molecular flexibility index (Phi) is 7.47. The number of rotatable bonds is 5.